The van der Waals surface area contributed by atoms with Crippen LogP contribution in [0.25, 0.3) is 0 Å². The van der Waals surface area contributed by atoms with E-state index in [9.17, 15) is 18.0 Å². The van der Waals surface area contributed by atoms with Gasteiger partial charge < -0.3 is 14.8 Å². The lowest BCUT2D eigenvalue weighted by atomic mass is 10.3. The van der Waals surface area contributed by atoms with E-state index in [1.807, 2.05) is 0 Å². The van der Waals surface area contributed by atoms with Crippen molar-refractivity contribution in [2.45, 2.75) is 13.3 Å². The molecule has 17 heavy (non-hydrogen) atoms. The van der Waals surface area contributed by atoms with Crippen LogP contribution in [0.1, 0.15) is 6.92 Å². The predicted molar refractivity (Wildman–Crippen MR) is 52.8 cm³/mol. The number of carbonyl (C=O) groups is 1. The van der Waals surface area contributed by atoms with E-state index in [0.29, 0.717) is 6.54 Å². The third-order valence-corrected chi connectivity index (χ3v) is 1.57. The van der Waals surface area contributed by atoms with E-state index in [4.69, 9.17) is 4.74 Å². The van der Waals surface area contributed by atoms with E-state index < -0.39 is 18.2 Å². The topological polar surface area (TPSA) is 47.6 Å². The molecule has 1 aromatic rings. The molecule has 0 atom stereocenters. The fourth-order valence-electron chi connectivity index (χ4n) is 1.02. The predicted octanol–water partition coefficient (Wildman–Crippen LogP) is 2.69. The largest absolute Gasteiger partial charge is 0.573 e. The molecule has 0 aliphatic rings. The molecule has 0 unspecified atom stereocenters. The minimum absolute atomic E-state index is 0.0299. The average Bonchev–Trinajstić information content (AvgIpc) is 2.15. The normalized spacial score (nSPS) is 10.8. The van der Waals surface area contributed by atoms with Crippen LogP contribution in [0.2, 0.25) is 0 Å². The Labute approximate surface area is 95.3 Å². The first-order valence-corrected chi connectivity index (χ1v) is 4.72. The van der Waals surface area contributed by atoms with Crippen molar-refractivity contribution in [2.24, 2.45) is 0 Å². The molecule has 1 amide bonds. The SMILES string of the molecule is CCNC(=O)Oc1cccc(OC(F)(F)F)c1. The summed E-state index contributed by atoms with van der Waals surface area (Å²) in [6, 6.07) is 4.72. The number of ether oxygens (including phenoxy) is 2. The molecule has 0 aliphatic carbocycles. The van der Waals surface area contributed by atoms with Crippen LogP contribution in [-0.2, 0) is 0 Å². The van der Waals surface area contributed by atoms with Gasteiger partial charge in [0.15, 0.2) is 0 Å². The van der Waals surface area contributed by atoms with E-state index >= 15 is 0 Å². The van der Waals surface area contributed by atoms with Crippen LogP contribution in [0.4, 0.5) is 18.0 Å². The van der Waals surface area contributed by atoms with Gasteiger partial charge in [0, 0.05) is 12.6 Å². The van der Waals surface area contributed by atoms with Gasteiger partial charge in [-0.05, 0) is 19.1 Å². The number of benzene rings is 1. The van der Waals surface area contributed by atoms with E-state index in [1.54, 1.807) is 6.92 Å². The summed E-state index contributed by atoms with van der Waals surface area (Å²) in [4.78, 5) is 11.0. The minimum atomic E-state index is -4.77. The molecule has 0 fully saturated rings. The van der Waals surface area contributed by atoms with Crippen LogP contribution in [0.15, 0.2) is 24.3 Å². The maximum Gasteiger partial charge on any atom is 0.573 e. The number of carbonyl (C=O) groups excluding carboxylic acids is 1. The molecule has 94 valence electrons. The number of halogens is 3. The van der Waals surface area contributed by atoms with Gasteiger partial charge in [0.2, 0.25) is 0 Å². The zero-order valence-electron chi connectivity index (χ0n) is 8.88. The molecule has 0 spiro atoms. The highest BCUT2D eigenvalue weighted by Crippen LogP contribution is 2.25. The molecule has 1 aromatic carbocycles. The van der Waals surface area contributed by atoms with Gasteiger partial charge in [-0.15, -0.1) is 13.2 Å². The van der Waals surface area contributed by atoms with Gasteiger partial charge in [-0.25, -0.2) is 4.79 Å². The lowest BCUT2D eigenvalue weighted by Gasteiger charge is -2.10. The summed E-state index contributed by atoms with van der Waals surface area (Å²) >= 11 is 0. The Bertz CT molecular complexity index is 393. The number of rotatable bonds is 3. The zero-order valence-corrected chi connectivity index (χ0v) is 8.88. The second kappa shape index (κ2) is 5.42. The van der Waals surface area contributed by atoms with Crippen LogP contribution in [0, 0.1) is 0 Å². The summed E-state index contributed by atoms with van der Waals surface area (Å²) in [5, 5.41) is 2.34. The lowest BCUT2D eigenvalue weighted by molar-refractivity contribution is -0.274. The summed E-state index contributed by atoms with van der Waals surface area (Å²) < 4.78 is 44.1. The van der Waals surface area contributed by atoms with E-state index in [1.165, 1.54) is 12.1 Å². The summed E-state index contributed by atoms with van der Waals surface area (Å²) in [6.07, 6.45) is -5.51. The fraction of sp³-hybridized carbons (Fsp3) is 0.300. The molecule has 0 aromatic heterocycles. The second-order valence-electron chi connectivity index (χ2n) is 2.94. The Morgan fingerprint density at radius 3 is 2.59 bits per heavy atom. The van der Waals surface area contributed by atoms with Gasteiger partial charge in [0.05, 0.1) is 0 Å². The first kappa shape index (κ1) is 13.1. The maximum atomic E-state index is 11.9. The van der Waals surface area contributed by atoms with Gasteiger partial charge in [-0.3, -0.25) is 0 Å². The van der Waals surface area contributed by atoms with Gasteiger partial charge >= 0.3 is 12.5 Å². The van der Waals surface area contributed by atoms with Crippen LogP contribution >= 0.6 is 0 Å². The van der Waals surface area contributed by atoms with Crippen LogP contribution in [-0.4, -0.2) is 19.0 Å². The average molecular weight is 249 g/mol. The first-order chi connectivity index (χ1) is 7.90. The highest BCUT2D eigenvalue weighted by atomic mass is 19.4. The number of alkyl halides is 3. The van der Waals surface area contributed by atoms with Crippen molar-refractivity contribution in [3.63, 3.8) is 0 Å². The quantitative estimate of drug-likeness (QED) is 0.895. The Morgan fingerprint density at radius 1 is 1.35 bits per heavy atom. The van der Waals surface area contributed by atoms with Crippen LogP contribution in [0.5, 0.6) is 11.5 Å². The molecule has 0 saturated carbocycles. The molecule has 7 heteroatoms. The number of amides is 1. The van der Waals surface area contributed by atoms with Crippen molar-refractivity contribution in [1.29, 1.82) is 0 Å². The highest BCUT2D eigenvalue weighted by Gasteiger charge is 2.31. The van der Waals surface area contributed by atoms with Crippen LogP contribution < -0.4 is 14.8 Å². The Morgan fingerprint density at radius 2 is 2.00 bits per heavy atom. The second-order valence-corrected chi connectivity index (χ2v) is 2.94. The van der Waals surface area contributed by atoms with Gasteiger partial charge in [0.1, 0.15) is 11.5 Å². The fourth-order valence-corrected chi connectivity index (χ4v) is 1.02. The third-order valence-electron chi connectivity index (χ3n) is 1.57. The molecule has 0 bridgehead atoms. The number of nitrogens with one attached hydrogen (secondary N) is 1. The van der Waals surface area contributed by atoms with E-state index in [-0.39, 0.29) is 5.75 Å². The molecule has 0 aliphatic heterocycles. The molecule has 1 rings (SSSR count). The smallest absolute Gasteiger partial charge is 0.410 e. The van der Waals surface area contributed by atoms with Crippen molar-refractivity contribution >= 4 is 6.09 Å². The monoisotopic (exact) mass is 249 g/mol. The van der Waals surface area contributed by atoms with Crippen molar-refractivity contribution in [1.82, 2.24) is 5.32 Å². The highest BCUT2D eigenvalue weighted by molar-refractivity contribution is 5.70. The molecule has 4 nitrogen and oxygen atoms in total. The summed E-state index contributed by atoms with van der Waals surface area (Å²) in [5.74, 6) is -0.475. The van der Waals surface area contributed by atoms with Crippen LogP contribution in [0.3, 0.4) is 0 Å². The number of hydrogen-bond donors (Lipinski definition) is 1. The van der Waals surface area contributed by atoms with E-state index in [0.717, 1.165) is 12.1 Å². The maximum absolute atomic E-state index is 11.9. The molecule has 1 N–H and O–H groups in total. The van der Waals surface area contributed by atoms with Gasteiger partial charge in [0.25, 0.3) is 0 Å². The summed E-state index contributed by atoms with van der Waals surface area (Å²) in [5.41, 5.74) is 0. The Hall–Kier alpha value is -1.92. The Kier molecular flexibility index (Phi) is 4.19. The first-order valence-electron chi connectivity index (χ1n) is 4.72. The molecular weight excluding hydrogens is 239 g/mol. The van der Waals surface area contributed by atoms with Crippen molar-refractivity contribution in [3.8, 4) is 11.5 Å². The van der Waals surface area contributed by atoms with Crippen molar-refractivity contribution in [2.75, 3.05) is 6.54 Å². The number of hydrogen-bond acceptors (Lipinski definition) is 3. The molecular formula is C10H10F3NO3. The van der Waals surface area contributed by atoms with E-state index in [2.05, 4.69) is 10.1 Å². The van der Waals surface area contributed by atoms with Crippen molar-refractivity contribution in [3.05, 3.63) is 24.3 Å². The summed E-state index contributed by atoms with van der Waals surface area (Å²) in [7, 11) is 0. The van der Waals surface area contributed by atoms with Crippen molar-refractivity contribution < 1.29 is 27.4 Å². The molecule has 0 radical (unpaired) electrons. The van der Waals surface area contributed by atoms with Gasteiger partial charge in [-0.2, -0.15) is 0 Å². The standard InChI is InChI=1S/C10H10F3NO3/c1-2-14-9(15)16-7-4-3-5-8(6-7)17-10(11,12)13/h3-6H,2H2,1H3,(H,14,15). The Balaban J connectivity index is 2.69. The molecule has 0 heterocycles. The third kappa shape index (κ3) is 5.10. The summed E-state index contributed by atoms with van der Waals surface area (Å²) in [6.45, 7) is 2.04. The van der Waals surface area contributed by atoms with Gasteiger partial charge in [-0.1, -0.05) is 6.07 Å². The minimum Gasteiger partial charge on any atom is -0.410 e. The zero-order chi connectivity index (χ0) is 12.9. The molecule has 0 saturated heterocycles. The lowest BCUT2D eigenvalue weighted by Crippen LogP contribution is -2.26.